The fourth-order valence-electron chi connectivity index (χ4n) is 5.10. The molecule has 1 aliphatic heterocycles. The molecule has 0 radical (unpaired) electrons. The smallest absolute Gasteiger partial charge is 0.225 e. The standard InChI is InChI=1S/C26H32N6O2/c1-17-22-24(30-13-4-14-31(16-15-30)26(33)19-5-3-6-19)27-23(18-7-8-18)28-25(22)32(29-17)20-9-11-21(34-2)12-10-20/h9-12,18-19H,3-8,13-16H2,1-2H3. The molecule has 0 spiro atoms. The second-order valence-corrected chi connectivity index (χ2v) is 9.87. The van der Waals surface area contributed by atoms with Gasteiger partial charge in [0.2, 0.25) is 5.91 Å². The van der Waals surface area contributed by atoms with Crippen molar-refractivity contribution in [2.24, 2.45) is 5.92 Å². The van der Waals surface area contributed by atoms with Crippen LogP contribution in [-0.2, 0) is 4.79 Å². The van der Waals surface area contributed by atoms with E-state index in [9.17, 15) is 4.79 Å². The van der Waals surface area contributed by atoms with E-state index in [1.54, 1.807) is 7.11 Å². The lowest BCUT2D eigenvalue weighted by atomic mass is 9.84. The van der Waals surface area contributed by atoms with Gasteiger partial charge in [-0.1, -0.05) is 6.42 Å². The summed E-state index contributed by atoms with van der Waals surface area (Å²) in [4.78, 5) is 27.4. The van der Waals surface area contributed by atoms with E-state index >= 15 is 0 Å². The van der Waals surface area contributed by atoms with Gasteiger partial charge in [-0.2, -0.15) is 5.10 Å². The Morgan fingerprint density at radius 1 is 0.971 bits per heavy atom. The van der Waals surface area contributed by atoms with E-state index in [1.807, 2.05) is 35.9 Å². The third kappa shape index (κ3) is 3.79. The van der Waals surface area contributed by atoms with Crippen LogP contribution in [0.4, 0.5) is 5.82 Å². The van der Waals surface area contributed by atoms with Crippen LogP contribution >= 0.6 is 0 Å². The number of carbonyl (C=O) groups is 1. The number of hydrogen-bond acceptors (Lipinski definition) is 6. The Morgan fingerprint density at radius 3 is 2.44 bits per heavy atom. The van der Waals surface area contributed by atoms with Gasteiger partial charge >= 0.3 is 0 Å². The number of fused-ring (bicyclic) bond motifs is 1. The molecule has 3 aliphatic rings. The molecule has 0 N–H and O–H groups in total. The highest BCUT2D eigenvalue weighted by Crippen LogP contribution is 2.41. The summed E-state index contributed by atoms with van der Waals surface area (Å²) in [5.74, 6) is 3.75. The summed E-state index contributed by atoms with van der Waals surface area (Å²) in [6, 6.07) is 7.92. The third-order valence-corrected chi connectivity index (χ3v) is 7.52. The number of nitrogens with zero attached hydrogens (tertiary/aromatic N) is 6. The van der Waals surface area contributed by atoms with E-state index in [0.717, 1.165) is 98.1 Å². The number of anilines is 1. The van der Waals surface area contributed by atoms with Crippen LogP contribution in [0, 0.1) is 12.8 Å². The van der Waals surface area contributed by atoms with E-state index in [-0.39, 0.29) is 5.92 Å². The molecule has 2 aliphatic carbocycles. The first-order valence-electron chi connectivity index (χ1n) is 12.6. The van der Waals surface area contributed by atoms with Crippen molar-refractivity contribution < 1.29 is 9.53 Å². The van der Waals surface area contributed by atoms with E-state index in [0.29, 0.717) is 11.8 Å². The highest BCUT2D eigenvalue weighted by atomic mass is 16.5. The van der Waals surface area contributed by atoms with Crippen molar-refractivity contribution in [3.63, 3.8) is 0 Å². The van der Waals surface area contributed by atoms with Crippen LogP contribution in [0.2, 0.25) is 0 Å². The zero-order valence-electron chi connectivity index (χ0n) is 20.0. The van der Waals surface area contributed by atoms with Crippen LogP contribution in [0.3, 0.4) is 0 Å². The van der Waals surface area contributed by atoms with Gasteiger partial charge in [-0.25, -0.2) is 14.6 Å². The van der Waals surface area contributed by atoms with Crippen molar-refractivity contribution in [1.29, 1.82) is 0 Å². The third-order valence-electron chi connectivity index (χ3n) is 7.52. The Morgan fingerprint density at radius 2 is 1.76 bits per heavy atom. The fourth-order valence-corrected chi connectivity index (χ4v) is 5.10. The predicted octanol–water partition coefficient (Wildman–Crippen LogP) is 3.85. The first-order chi connectivity index (χ1) is 16.6. The molecule has 0 bridgehead atoms. The van der Waals surface area contributed by atoms with Gasteiger partial charge in [-0.05, 0) is 63.3 Å². The van der Waals surface area contributed by atoms with Gasteiger partial charge < -0.3 is 14.5 Å². The number of aromatic nitrogens is 4. The number of aryl methyl sites for hydroxylation is 1. The average molecular weight is 461 g/mol. The quantitative estimate of drug-likeness (QED) is 0.576. The Balaban J connectivity index is 1.37. The molecule has 1 saturated heterocycles. The molecule has 178 valence electrons. The molecule has 3 fully saturated rings. The van der Waals surface area contributed by atoms with Gasteiger partial charge in [0, 0.05) is 38.0 Å². The second-order valence-electron chi connectivity index (χ2n) is 9.87. The van der Waals surface area contributed by atoms with Gasteiger partial charge in [0.05, 0.1) is 23.9 Å². The molecule has 1 aromatic carbocycles. The summed E-state index contributed by atoms with van der Waals surface area (Å²) >= 11 is 0. The lowest BCUT2D eigenvalue weighted by Gasteiger charge is -2.31. The Hall–Kier alpha value is -3.16. The minimum Gasteiger partial charge on any atom is -0.497 e. The zero-order valence-corrected chi connectivity index (χ0v) is 20.0. The van der Waals surface area contributed by atoms with E-state index in [4.69, 9.17) is 19.8 Å². The van der Waals surface area contributed by atoms with Crippen molar-refractivity contribution in [3.05, 3.63) is 35.8 Å². The van der Waals surface area contributed by atoms with Crippen LogP contribution in [0.1, 0.15) is 56.0 Å². The van der Waals surface area contributed by atoms with Crippen molar-refractivity contribution >= 4 is 22.8 Å². The predicted molar refractivity (Wildman–Crippen MR) is 131 cm³/mol. The van der Waals surface area contributed by atoms with Crippen molar-refractivity contribution in [1.82, 2.24) is 24.6 Å². The minimum absolute atomic E-state index is 0.253. The molecule has 8 heteroatoms. The summed E-state index contributed by atoms with van der Waals surface area (Å²) in [6.45, 7) is 5.31. The summed E-state index contributed by atoms with van der Waals surface area (Å²) in [5.41, 5.74) is 2.74. The van der Waals surface area contributed by atoms with Crippen molar-refractivity contribution in [3.8, 4) is 11.4 Å². The molecule has 8 nitrogen and oxygen atoms in total. The average Bonchev–Trinajstić information content (AvgIpc) is 3.64. The van der Waals surface area contributed by atoms with E-state index < -0.39 is 0 Å². The fraction of sp³-hybridized carbons (Fsp3) is 0.538. The van der Waals surface area contributed by atoms with E-state index in [1.165, 1.54) is 6.42 Å². The number of ether oxygens (including phenoxy) is 1. The molecular formula is C26H32N6O2. The second kappa shape index (κ2) is 8.56. The largest absolute Gasteiger partial charge is 0.497 e. The lowest BCUT2D eigenvalue weighted by molar-refractivity contribution is -0.137. The highest BCUT2D eigenvalue weighted by Gasteiger charge is 2.33. The SMILES string of the molecule is COc1ccc(-n2nc(C)c3c(N4CCCN(C(=O)C5CCC5)CC4)nc(C4CC4)nc32)cc1. The molecule has 0 atom stereocenters. The molecule has 6 rings (SSSR count). The van der Waals surface area contributed by atoms with Crippen LogP contribution < -0.4 is 9.64 Å². The number of rotatable bonds is 5. The first-order valence-corrected chi connectivity index (χ1v) is 12.6. The number of benzene rings is 1. The maximum atomic E-state index is 12.9. The highest BCUT2D eigenvalue weighted by molar-refractivity contribution is 5.91. The maximum Gasteiger partial charge on any atom is 0.225 e. The topological polar surface area (TPSA) is 76.4 Å². The summed E-state index contributed by atoms with van der Waals surface area (Å²) in [6.07, 6.45) is 6.54. The van der Waals surface area contributed by atoms with Crippen molar-refractivity contribution in [2.75, 3.05) is 38.2 Å². The molecular weight excluding hydrogens is 428 g/mol. The molecule has 0 unspecified atom stereocenters. The Labute approximate surface area is 199 Å². The minimum atomic E-state index is 0.253. The van der Waals surface area contributed by atoms with Gasteiger partial charge in [0.1, 0.15) is 17.4 Å². The van der Waals surface area contributed by atoms with Crippen LogP contribution in [0.15, 0.2) is 24.3 Å². The summed E-state index contributed by atoms with van der Waals surface area (Å²) in [7, 11) is 1.67. The number of hydrogen-bond donors (Lipinski definition) is 0. The Bertz CT molecular complexity index is 1210. The Kier molecular flexibility index (Phi) is 5.38. The van der Waals surface area contributed by atoms with Crippen molar-refractivity contribution in [2.45, 2.75) is 51.4 Å². The van der Waals surface area contributed by atoms with Gasteiger partial charge in [-0.3, -0.25) is 4.79 Å². The number of carbonyl (C=O) groups excluding carboxylic acids is 1. The molecule has 2 aromatic heterocycles. The molecule has 3 heterocycles. The molecule has 1 amide bonds. The van der Waals surface area contributed by atoms with Crippen LogP contribution in [0.5, 0.6) is 5.75 Å². The summed E-state index contributed by atoms with van der Waals surface area (Å²) < 4.78 is 7.26. The number of amides is 1. The van der Waals surface area contributed by atoms with Crippen LogP contribution in [-0.4, -0.2) is 63.8 Å². The summed E-state index contributed by atoms with van der Waals surface area (Å²) in [5, 5.41) is 5.90. The maximum absolute atomic E-state index is 12.9. The molecule has 34 heavy (non-hydrogen) atoms. The normalized spacial score (nSPS) is 19.2. The van der Waals surface area contributed by atoms with Gasteiger partial charge in [-0.15, -0.1) is 0 Å². The monoisotopic (exact) mass is 460 g/mol. The molecule has 2 saturated carbocycles. The van der Waals surface area contributed by atoms with E-state index in [2.05, 4.69) is 9.80 Å². The van der Waals surface area contributed by atoms with Crippen LogP contribution in [0.25, 0.3) is 16.7 Å². The first kappa shape index (κ1) is 21.4. The van der Waals surface area contributed by atoms with Gasteiger partial charge in [0.25, 0.3) is 0 Å². The van der Waals surface area contributed by atoms with Gasteiger partial charge in [0.15, 0.2) is 5.65 Å². The number of methoxy groups -OCH3 is 1. The lowest BCUT2D eigenvalue weighted by Crippen LogP contribution is -2.41. The zero-order chi connectivity index (χ0) is 23.2. The molecule has 3 aromatic rings.